The van der Waals surface area contributed by atoms with Crippen molar-refractivity contribution in [3.8, 4) is 0 Å². The third-order valence-corrected chi connectivity index (χ3v) is 5.95. The van der Waals surface area contributed by atoms with Crippen molar-refractivity contribution in [2.24, 2.45) is 0 Å². The first-order chi connectivity index (χ1) is 13.0. The molecule has 9 nitrogen and oxygen atoms in total. The van der Waals surface area contributed by atoms with Crippen LogP contribution in [0.1, 0.15) is 19.8 Å². The van der Waals surface area contributed by atoms with Gasteiger partial charge in [0.15, 0.2) is 4.34 Å². The largest absolute Gasteiger partial charge is 0.376 e. The molecule has 2 atom stereocenters. The van der Waals surface area contributed by atoms with Gasteiger partial charge in [-0.3, -0.25) is 14.9 Å². The van der Waals surface area contributed by atoms with Gasteiger partial charge >= 0.3 is 0 Å². The number of aromatic nitrogens is 2. The number of ether oxygens (including phenoxy) is 1. The van der Waals surface area contributed by atoms with Crippen molar-refractivity contribution in [3.63, 3.8) is 0 Å². The molecule has 144 valence electrons. The van der Waals surface area contributed by atoms with Gasteiger partial charge in [0.05, 0.1) is 16.3 Å². The summed E-state index contributed by atoms with van der Waals surface area (Å²) in [4.78, 5) is 22.6. The van der Waals surface area contributed by atoms with Crippen LogP contribution in [-0.2, 0) is 9.53 Å². The quantitative estimate of drug-likeness (QED) is 0.388. The minimum Gasteiger partial charge on any atom is -0.376 e. The molecule has 0 spiro atoms. The number of nitro benzene ring substituents is 1. The van der Waals surface area contributed by atoms with Crippen LogP contribution in [0.2, 0.25) is 0 Å². The number of rotatable bonds is 8. The zero-order valence-electron chi connectivity index (χ0n) is 14.6. The summed E-state index contributed by atoms with van der Waals surface area (Å²) in [7, 11) is 0. The molecule has 0 aliphatic carbocycles. The second-order valence-electron chi connectivity index (χ2n) is 5.95. The van der Waals surface area contributed by atoms with Gasteiger partial charge in [0.2, 0.25) is 11.0 Å². The monoisotopic (exact) mass is 409 g/mol. The number of carbonyl (C=O) groups is 1. The lowest BCUT2D eigenvalue weighted by molar-refractivity contribution is -0.384. The van der Waals surface area contributed by atoms with E-state index in [1.165, 1.54) is 41.3 Å². The number of hydrogen-bond donors (Lipinski definition) is 2. The van der Waals surface area contributed by atoms with E-state index in [1.807, 2.05) is 0 Å². The molecule has 27 heavy (non-hydrogen) atoms. The molecule has 1 aromatic carbocycles. The van der Waals surface area contributed by atoms with Crippen molar-refractivity contribution >= 4 is 45.5 Å². The normalized spacial score (nSPS) is 17.4. The fourth-order valence-corrected chi connectivity index (χ4v) is 4.38. The number of hydrogen-bond acceptors (Lipinski definition) is 9. The van der Waals surface area contributed by atoms with Gasteiger partial charge in [-0.1, -0.05) is 29.2 Å². The van der Waals surface area contributed by atoms with E-state index < -0.39 is 10.2 Å². The van der Waals surface area contributed by atoms with E-state index in [9.17, 15) is 14.9 Å². The standard InChI is InChI=1S/C16H19N5O4S2/c1-10(14(22)18-11-4-2-5-12(8-11)21(23)24)26-16-20-19-15(27-16)17-9-13-6-3-7-25-13/h2,4-5,8,10,13H,3,6-7,9H2,1H3,(H,17,19)(H,18,22). The summed E-state index contributed by atoms with van der Waals surface area (Å²) in [6.07, 6.45) is 2.34. The lowest BCUT2D eigenvalue weighted by Crippen LogP contribution is -2.22. The SMILES string of the molecule is CC(Sc1nnc(NCC2CCCO2)s1)C(=O)Nc1cccc([N+](=O)[O-])c1. The first kappa shape index (κ1) is 19.5. The predicted octanol–water partition coefficient (Wildman–Crippen LogP) is 3.16. The molecule has 0 saturated carbocycles. The van der Waals surface area contributed by atoms with E-state index in [0.717, 1.165) is 19.4 Å². The maximum absolute atomic E-state index is 12.3. The van der Waals surface area contributed by atoms with Crippen molar-refractivity contribution in [1.82, 2.24) is 10.2 Å². The van der Waals surface area contributed by atoms with Crippen molar-refractivity contribution in [1.29, 1.82) is 0 Å². The Morgan fingerprint density at radius 3 is 3.11 bits per heavy atom. The van der Waals surface area contributed by atoms with Crippen LogP contribution in [0.5, 0.6) is 0 Å². The number of amides is 1. The topological polar surface area (TPSA) is 119 Å². The van der Waals surface area contributed by atoms with Crippen LogP contribution >= 0.6 is 23.1 Å². The summed E-state index contributed by atoms with van der Waals surface area (Å²) in [5.41, 5.74) is 0.317. The zero-order chi connectivity index (χ0) is 19.2. The number of anilines is 2. The molecule has 11 heteroatoms. The Labute approximate surface area is 164 Å². The molecule has 1 amide bonds. The van der Waals surface area contributed by atoms with E-state index in [1.54, 1.807) is 13.0 Å². The average molecular weight is 409 g/mol. The second-order valence-corrected chi connectivity index (χ2v) is 8.51. The van der Waals surface area contributed by atoms with Crippen LogP contribution in [0.15, 0.2) is 28.6 Å². The van der Waals surface area contributed by atoms with Crippen LogP contribution in [-0.4, -0.2) is 45.5 Å². The van der Waals surface area contributed by atoms with Gasteiger partial charge in [0.1, 0.15) is 0 Å². The highest BCUT2D eigenvalue weighted by Crippen LogP contribution is 2.30. The Kier molecular flexibility index (Phi) is 6.58. The maximum Gasteiger partial charge on any atom is 0.271 e. The summed E-state index contributed by atoms with van der Waals surface area (Å²) in [6.45, 7) is 3.25. The van der Waals surface area contributed by atoms with Gasteiger partial charge in [-0.25, -0.2) is 0 Å². The maximum atomic E-state index is 12.3. The third-order valence-electron chi connectivity index (χ3n) is 3.88. The zero-order valence-corrected chi connectivity index (χ0v) is 16.2. The average Bonchev–Trinajstić information content (AvgIpc) is 3.31. The van der Waals surface area contributed by atoms with Gasteiger partial charge in [-0.05, 0) is 25.8 Å². The second kappa shape index (κ2) is 9.11. The molecule has 1 aliphatic heterocycles. The van der Waals surface area contributed by atoms with Crippen molar-refractivity contribution in [2.75, 3.05) is 23.8 Å². The number of nitrogens with zero attached hydrogens (tertiary/aromatic N) is 3. The van der Waals surface area contributed by atoms with E-state index in [4.69, 9.17) is 4.74 Å². The Balaban J connectivity index is 1.50. The number of nitrogens with one attached hydrogen (secondary N) is 2. The fraction of sp³-hybridized carbons (Fsp3) is 0.438. The highest BCUT2D eigenvalue weighted by atomic mass is 32.2. The van der Waals surface area contributed by atoms with Gasteiger partial charge in [0, 0.05) is 31.0 Å². The van der Waals surface area contributed by atoms with Gasteiger partial charge < -0.3 is 15.4 Å². The predicted molar refractivity (Wildman–Crippen MR) is 104 cm³/mol. The molecule has 2 N–H and O–H groups in total. The summed E-state index contributed by atoms with van der Waals surface area (Å²) in [5.74, 6) is -0.260. The number of nitro groups is 1. The first-order valence-electron chi connectivity index (χ1n) is 8.42. The minimum atomic E-state index is -0.500. The van der Waals surface area contributed by atoms with E-state index in [0.29, 0.717) is 21.7 Å². The third kappa shape index (κ3) is 5.62. The molecule has 1 aromatic heterocycles. The molecule has 0 bridgehead atoms. The number of carbonyl (C=O) groups excluding carboxylic acids is 1. The number of thioether (sulfide) groups is 1. The van der Waals surface area contributed by atoms with Gasteiger partial charge in [-0.15, -0.1) is 10.2 Å². The van der Waals surface area contributed by atoms with E-state index in [-0.39, 0.29) is 17.7 Å². The molecular formula is C16H19N5O4S2. The highest BCUT2D eigenvalue weighted by Gasteiger charge is 2.19. The van der Waals surface area contributed by atoms with Crippen molar-refractivity contribution in [2.45, 2.75) is 35.5 Å². The summed E-state index contributed by atoms with van der Waals surface area (Å²) in [5, 5.41) is 25.1. The highest BCUT2D eigenvalue weighted by molar-refractivity contribution is 8.02. The van der Waals surface area contributed by atoms with Crippen LogP contribution in [0.25, 0.3) is 0 Å². The van der Waals surface area contributed by atoms with Crippen molar-refractivity contribution < 1.29 is 14.5 Å². The fourth-order valence-electron chi connectivity index (χ4n) is 2.48. The molecule has 1 fully saturated rings. The first-order valence-corrected chi connectivity index (χ1v) is 10.1. The molecule has 0 radical (unpaired) electrons. The minimum absolute atomic E-state index is 0.0702. The summed E-state index contributed by atoms with van der Waals surface area (Å²) < 4.78 is 6.22. The Morgan fingerprint density at radius 2 is 2.37 bits per heavy atom. The molecule has 1 aliphatic rings. The Morgan fingerprint density at radius 1 is 1.52 bits per heavy atom. The van der Waals surface area contributed by atoms with Crippen LogP contribution in [0.3, 0.4) is 0 Å². The number of non-ortho nitro benzene ring substituents is 1. The van der Waals surface area contributed by atoms with Crippen molar-refractivity contribution in [3.05, 3.63) is 34.4 Å². The van der Waals surface area contributed by atoms with Crippen LogP contribution < -0.4 is 10.6 Å². The lowest BCUT2D eigenvalue weighted by Gasteiger charge is -2.10. The molecule has 2 unspecified atom stereocenters. The molecule has 2 aromatic rings. The van der Waals surface area contributed by atoms with Crippen LogP contribution in [0.4, 0.5) is 16.5 Å². The molecule has 1 saturated heterocycles. The molecule has 2 heterocycles. The summed E-state index contributed by atoms with van der Waals surface area (Å²) in [6, 6.07) is 5.84. The van der Waals surface area contributed by atoms with Crippen LogP contribution in [0, 0.1) is 10.1 Å². The molecule has 3 rings (SSSR count). The summed E-state index contributed by atoms with van der Waals surface area (Å²) >= 11 is 2.67. The van der Waals surface area contributed by atoms with Gasteiger partial charge in [-0.2, -0.15) is 0 Å². The lowest BCUT2D eigenvalue weighted by atomic mass is 10.2. The Hall–Kier alpha value is -2.24. The molecular weight excluding hydrogens is 390 g/mol. The van der Waals surface area contributed by atoms with E-state index >= 15 is 0 Å². The van der Waals surface area contributed by atoms with E-state index in [2.05, 4.69) is 20.8 Å². The number of benzene rings is 1. The van der Waals surface area contributed by atoms with Gasteiger partial charge in [0.25, 0.3) is 5.69 Å². The Bertz CT molecular complexity index is 810. The smallest absolute Gasteiger partial charge is 0.271 e.